The number of aliphatic hydroxyl groups excluding tert-OH is 4. The normalized spacial score (nSPS) is 11.7. The molecule has 0 aliphatic rings. The van der Waals surface area contributed by atoms with Crippen molar-refractivity contribution in [1.29, 1.82) is 0 Å². The molecule has 14 N–H and O–H groups in total. The van der Waals surface area contributed by atoms with Gasteiger partial charge in [0.05, 0.1) is 47.6 Å². The molecule has 34 nitrogen and oxygen atoms in total. The van der Waals surface area contributed by atoms with Crippen LogP contribution in [0, 0.1) is 0 Å². The fraction of sp³-hybridized carbons (Fsp3) is 0.200. The zero-order valence-electron chi connectivity index (χ0n) is 46.1. The van der Waals surface area contributed by atoms with Gasteiger partial charge in [-0.3, -0.25) is 27.3 Å². The van der Waals surface area contributed by atoms with Gasteiger partial charge in [-0.15, -0.1) is 0 Å². The number of benzene rings is 4. The Morgan fingerprint density at radius 3 is 0.884 bits per heavy atom. The Bertz CT molecular complexity index is 3830. The van der Waals surface area contributed by atoms with Gasteiger partial charge in [-0.1, -0.05) is 24.3 Å². The number of hydrogen-bond acceptors (Lipinski definition) is 28. The molecule has 0 fully saturated rings. The van der Waals surface area contributed by atoms with E-state index < -0.39 is 152 Å². The van der Waals surface area contributed by atoms with Crippen LogP contribution in [-0.2, 0) is 60.7 Å². The summed E-state index contributed by atoms with van der Waals surface area (Å²) in [7, 11) is -30.5. The van der Waals surface area contributed by atoms with Crippen molar-refractivity contribution >= 4 is 309 Å². The van der Waals surface area contributed by atoms with Crippen molar-refractivity contribution in [1.82, 2.24) is 29.9 Å². The molecule has 0 aliphatic heterocycles. The summed E-state index contributed by atoms with van der Waals surface area (Å²) in [6.07, 6.45) is 2.01. The van der Waals surface area contributed by atoms with Gasteiger partial charge in [0.1, 0.15) is 19.6 Å². The molecule has 0 bridgehead atoms. The summed E-state index contributed by atoms with van der Waals surface area (Å²) >= 11 is 0. The fourth-order valence-electron chi connectivity index (χ4n) is 6.95. The number of anilines is 10. The molecule has 438 valence electrons. The maximum absolute atomic E-state index is 12.8. The molecule has 86 heavy (non-hydrogen) atoms. The molecule has 6 aromatic rings. The first-order chi connectivity index (χ1) is 37.2. The van der Waals surface area contributed by atoms with E-state index in [2.05, 4.69) is 51.2 Å². The van der Waals surface area contributed by atoms with E-state index >= 15 is 0 Å². The molecule has 6 rings (SSSR count). The van der Waals surface area contributed by atoms with Crippen LogP contribution in [0.1, 0.15) is 11.1 Å². The Morgan fingerprint density at radius 1 is 0.349 bits per heavy atom. The predicted molar refractivity (Wildman–Crippen MR) is 314 cm³/mol. The van der Waals surface area contributed by atoms with E-state index in [4.69, 9.17) is 0 Å². The monoisotopic (exact) mass is 1370 g/mol. The van der Waals surface area contributed by atoms with Gasteiger partial charge in [0, 0.05) is 215 Å². The third kappa shape index (κ3) is 24.0. The summed E-state index contributed by atoms with van der Waals surface area (Å²) in [6, 6.07) is 10.1. The first-order valence-electron chi connectivity index (χ1n) is 21.8. The van der Waals surface area contributed by atoms with Crippen LogP contribution in [0.4, 0.5) is 58.4 Å². The van der Waals surface area contributed by atoms with Crippen molar-refractivity contribution in [3.05, 3.63) is 83.9 Å². The van der Waals surface area contributed by atoms with Crippen LogP contribution in [0.15, 0.2) is 102 Å². The first-order valence-corrected chi connectivity index (χ1v) is 30.5. The third-order valence-electron chi connectivity index (χ3n) is 10.4. The average Bonchev–Trinajstić information content (AvgIpc) is 3.34. The molecule has 0 amide bonds. The number of nitrogens with zero attached hydrogens (tertiary/aromatic N) is 8. The number of aromatic nitrogens is 6. The number of hydrogen-bond donors (Lipinski definition) is 14. The topological polar surface area (TPSA) is 539 Å². The van der Waals surface area contributed by atoms with E-state index in [9.17, 15) is 98.2 Å². The zero-order valence-corrected chi connectivity index (χ0v) is 63.0. The molecule has 46 heteroatoms. The van der Waals surface area contributed by atoms with Crippen LogP contribution in [-0.4, -0.2) is 358 Å². The Labute approximate surface area is 624 Å². The molecule has 0 saturated carbocycles. The van der Waals surface area contributed by atoms with Gasteiger partial charge < -0.3 is 51.5 Å². The van der Waals surface area contributed by atoms with E-state index in [0.717, 1.165) is 36.4 Å². The maximum Gasteiger partial charge on any atom is 0.296 e. The smallest absolute Gasteiger partial charge is 0.296 e. The summed E-state index contributed by atoms with van der Waals surface area (Å²) in [5.41, 5.74) is -2.45. The van der Waals surface area contributed by atoms with Crippen molar-refractivity contribution in [3.8, 4) is 0 Å². The molecular weight excluding hydrogens is 1330 g/mol. The van der Waals surface area contributed by atoms with Crippen LogP contribution in [0.2, 0.25) is 0 Å². The van der Waals surface area contributed by atoms with Crippen LogP contribution < -0.4 is 31.1 Å². The van der Waals surface area contributed by atoms with E-state index in [0.29, 0.717) is 36.4 Å². The van der Waals surface area contributed by atoms with Crippen molar-refractivity contribution in [2.45, 2.75) is 29.4 Å². The van der Waals surface area contributed by atoms with Gasteiger partial charge in [-0.25, -0.2) is 0 Å². The molecule has 2 aromatic heterocycles. The van der Waals surface area contributed by atoms with Gasteiger partial charge >= 0.3 is 0 Å². The second-order valence-electron chi connectivity index (χ2n) is 15.9. The van der Waals surface area contributed by atoms with E-state index in [1.807, 2.05) is 0 Å². The summed E-state index contributed by atoms with van der Waals surface area (Å²) in [5, 5.41) is 48.8. The largest absolute Gasteiger partial charge is 0.395 e. The Kier molecular flexibility index (Phi) is 35.2. The Morgan fingerprint density at radius 2 is 0.628 bits per heavy atom. The number of aliphatic hydroxyl groups is 4. The SMILES string of the molecule is O=S(=O)(O)c1ccc(S(=O)(=O)O)c(Nc2nc(Nc3ccc(C=Cc4ccc(Nc5nc(Nc6cc(S(=O)(=O)O)ccc6S(=O)(=O)O)nc(N(CCO)CCO)n5)cc4S(=O)(=O)O)c(S(=O)(=O)O)c3)nc(N(CCO)CCO)n2)c1.[Na].[Na].[Na].[Na].[Na].[Na]. The third-order valence-corrected chi connectivity index (χ3v) is 15.7. The molecule has 2 heterocycles. The van der Waals surface area contributed by atoms with Gasteiger partial charge in [0.15, 0.2) is 0 Å². The van der Waals surface area contributed by atoms with Gasteiger partial charge in [0.25, 0.3) is 60.7 Å². The molecule has 0 spiro atoms. The van der Waals surface area contributed by atoms with Gasteiger partial charge in [-0.05, 0) is 71.8 Å². The molecular formula is C40H44N12Na6O22S6. The van der Waals surface area contributed by atoms with Crippen LogP contribution in [0.25, 0.3) is 12.2 Å². The first kappa shape index (κ1) is 84.7. The van der Waals surface area contributed by atoms with E-state index in [1.165, 1.54) is 21.9 Å². The molecule has 0 saturated heterocycles. The van der Waals surface area contributed by atoms with Crippen molar-refractivity contribution in [2.24, 2.45) is 0 Å². The van der Waals surface area contributed by atoms with Gasteiger partial charge in [0.2, 0.25) is 35.7 Å². The van der Waals surface area contributed by atoms with E-state index in [1.54, 1.807) is 0 Å². The number of nitrogens with one attached hydrogen (secondary N) is 4. The minimum atomic E-state index is -5.20. The molecule has 4 aromatic carbocycles. The summed E-state index contributed by atoms with van der Waals surface area (Å²) in [5.74, 6) is -2.91. The summed E-state index contributed by atoms with van der Waals surface area (Å²) < 4.78 is 208. The second kappa shape index (κ2) is 35.7. The van der Waals surface area contributed by atoms with Crippen LogP contribution in [0.3, 0.4) is 0 Å². The molecule has 6 radical (unpaired) electrons. The van der Waals surface area contributed by atoms with Crippen LogP contribution >= 0.6 is 0 Å². The van der Waals surface area contributed by atoms with Crippen molar-refractivity contribution in [2.75, 3.05) is 83.7 Å². The second-order valence-corrected chi connectivity index (χ2v) is 24.3. The number of rotatable bonds is 26. The van der Waals surface area contributed by atoms with E-state index in [-0.39, 0.29) is 238 Å². The van der Waals surface area contributed by atoms with Crippen molar-refractivity contribution in [3.63, 3.8) is 0 Å². The molecule has 0 unspecified atom stereocenters. The average molecular weight is 1380 g/mol. The molecule has 0 aliphatic carbocycles. The summed E-state index contributed by atoms with van der Waals surface area (Å²) in [4.78, 5) is 22.0. The fourth-order valence-corrected chi connectivity index (χ4v) is 10.6. The van der Waals surface area contributed by atoms with Crippen LogP contribution in [0.5, 0.6) is 0 Å². The van der Waals surface area contributed by atoms with Gasteiger partial charge in [-0.2, -0.15) is 80.4 Å². The predicted octanol–water partition coefficient (Wildman–Crippen LogP) is -2.02. The Hall–Kier alpha value is -1.26. The maximum atomic E-state index is 12.8. The minimum absolute atomic E-state index is 0. The standard InChI is InChI=1S/C40H44N12O22S6.6Na/c53-15-11-51(12-16-54)39-47-35(45-37(49-39)43-29-21-27(75(57,58)59)7-9-31(29)77(63,64)65)41-25-5-3-23(33(19-25)79(69,70)71)1-2-24-4-6-26(20-34(24)80(72,73)74)42-36-46-38(50-40(48-36)52(13-17-55)14-18-56)44-30-22-28(76(60,61)62)8-10-32(30)78(66,67)68;;;;;;/h1-10,19-22,53-56H,11-18H2,(H,57,58,59)(H,60,61,62)(H,63,64,65)(H,66,67,68)(H,69,70,71)(H,72,73,74)(H2,41,43,45,47,49)(H2,42,44,46,48,50);;;;;;. The minimum Gasteiger partial charge on any atom is -0.395 e. The van der Waals surface area contributed by atoms with Crippen molar-refractivity contribution < 1.29 is 98.2 Å². The quantitative estimate of drug-likeness (QED) is 0.0158. The summed E-state index contributed by atoms with van der Waals surface area (Å²) in [6.45, 7) is -3.05. The Balaban J connectivity index is 0.0000120. The molecule has 0 atom stereocenters. The zero-order chi connectivity index (χ0) is 59.2.